The van der Waals surface area contributed by atoms with Gasteiger partial charge in [0.2, 0.25) is 5.91 Å². The Morgan fingerprint density at radius 1 is 1.21 bits per heavy atom. The molecule has 8 heteroatoms. The predicted molar refractivity (Wildman–Crippen MR) is 102 cm³/mol. The number of hydrogen-bond donors (Lipinski definition) is 2. The van der Waals surface area contributed by atoms with Crippen molar-refractivity contribution in [2.75, 3.05) is 6.54 Å². The third-order valence-electron chi connectivity index (χ3n) is 3.88. The molecule has 2 aromatic rings. The third kappa shape index (κ3) is 6.89. The molecule has 0 fully saturated rings. The third-order valence-corrected chi connectivity index (χ3v) is 4.23. The smallest absolute Gasteiger partial charge is 0.408 e. The van der Waals surface area contributed by atoms with Gasteiger partial charge in [-0.05, 0) is 36.1 Å². The van der Waals surface area contributed by atoms with Crippen LogP contribution in [-0.4, -0.2) is 24.6 Å². The summed E-state index contributed by atoms with van der Waals surface area (Å²) in [4.78, 5) is 24.3. The van der Waals surface area contributed by atoms with Gasteiger partial charge in [-0.15, -0.1) is 0 Å². The zero-order valence-electron chi connectivity index (χ0n) is 15.0. The summed E-state index contributed by atoms with van der Waals surface area (Å²) in [5, 5.41) is 13.8. The molecule has 0 aliphatic rings. The number of nitrogens with one attached hydrogen (secondary N) is 2. The van der Waals surface area contributed by atoms with Gasteiger partial charge >= 0.3 is 6.09 Å². The molecule has 2 rings (SSSR count). The van der Waals surface area contributed by atoms with E-state index in [9.17, 15) is 14.0 Å². The molecular formula is C20H19ClFN3O3. The monoisotopic (exact) mass is 403 g/mol. The fourth-order valence-corrected chi connectivity index (χ4v) is 2.71. The Hall–Kier alpha value is -3.11. The van der Waals surface area contributed by atoms with Crippen LogP contribution in [0.1, 0.15) is 17.5 Å². The van der Waals surface area contributed by atoms with Crippen LogP contribution in [-0.2, 0) is 22.6 Å². The van der Waals surface area contributed by atoms with Crippen LogP contribution in [0.2, 0.25) is 5.02 Å². The summed E-state index contributed by atoms with van der Waals surface area (Å²) in [5.74, 6) is -0.976. The van der Waals surface area contributed by atoms with E-state index < -0.39 is 23.9 Å². The van der Waals surface area contributed by atoms with Crippen molar-refractivity contribution in [3.63, 3.8) is 0 Å². The molecule has 1 atom stereocenters. The first kappa shape index (κ1) is 21.2. The van der Waals surface area contributed by atoms with Gasteiger partial charge in [-0.3, -0.25) is 4.79 Å². The fourth-order valence-electron chi connectivity index (χ4n) is 2.45. The highest BCUT2D eigenvalue weighted by Gasteiger charge is 2.21. The van der Waals surface area contributed by atoms with Crippen molar-refractivity contribution in [3.8, 4) is 6.07 Å². The van der Waals surface area contributed by atoms with Gasteiger partial charge in [-0.2, -0.15) is 5.26 Å². The van der Waals surface area contributed by atoms with Crippen LogP contribution in [0, 0.1) is 17.1 Å². The molecule has 0 spiro atoms. The minimum atomic E-state index is -0.933. The van der Waals surface area contributed by atoms with Gasteiger partial charge in [0.25, 0.3) is 0 Å². The second-order valence-corrected chi connectivity index (χ2v) is 6.32. The number of carbonyl (C=O) groups excluding carboxylic acids is 2. The molecule has 0 aromatic heterocycles. The molecule has 0 aliphatic carbocycles. The Morgan fingerprint density at radius 2 is 1.96 bits per heavy atom. The maximum Gasteiger partial charge on any atom is 0.408 e. The van der Waals surface area contributed by atoms with Gasteiger partial charge in [0.1, 0.15) is 25.0 Å². The number of aryl methyl sites for hydroxylation is 1. The highest BCUT2D eigenvalue weighted by Crippen LogP contribution is 2.19. The van der Waals surface area contributed by atoms with E-state index in [4.69, 9.17) is 21.6 Å². The minimum Gasteiger partial charge on any atom is -0.445 e. The number of hydrogen-bond acceptors (Lipinski definition) is 4. The number of nitrogens with zero attached hydrogens (tertiary/aromatic N) is 1. The van der Waals surface area contributed by atoms with Crippen LogP contribution in [0.4, 0.5) is 9.18 Å². The Morgan fingerprint density at radius 3 is 2.64 bits per heavy atom. The normalized spacial score (nSPS) is 11.2. The maximum absolute atomic E-state index is 13.2. The lowest BCUT2D eigenvalue weighted by Gasteiger charge is -2.18. The lowest BCUT2D eigenvalue weighted by atomic mass is 10.0. The summed E-state index contributed by atoms with van der Waals surface area (Å²) in [6.45, 7) is -0.129. The van der Waals surface area contributed by atoms with Gasteiger partial charge in [0, 0.05) is 5.02 Å². The van der Waals surface area contributed by atoms with Crippen molar-refractivity contribution in [2.45, 2.75) is 25.5 Å². The minimum absolute atomic E-state index is 0.0585. The zero-order chi connectivity index (χ0) is 20.4. The van der Waals surface area contributed by atoms with Crippen molar-refractivity contribution in [3.05, 3.63) is 70.5 Å². The number of alkyl carbamates (subject to hydrolysis) is 1. The topological polar surface area (TPSA) is 91.2 Å². The summed E-state index contributed by atoms with van der Waals surface area (Å²) in [5.41, 5.74) is 1.45. The number of carbonyl (C=O) groups is 2. The average Bonchev–Trinajstić information content (AvgIpc) is 2.69. The van der Waals surface area contributed by atoms with E-state index in [1.54, 1.807) is 18.2 Å². The first-order valence-electron chi connectivity index (χ1n) is 8.55. The highest BCUT2D eigenvalue weighted by atomic mass is 35.5. The number of ether oxygens (including phenoxy) is 1. The van der Waals surface area contributed by atoms with E-state index in [0.717, 1.165) is 5.56 Å². The summed E-state index contributed by atoms with van der Waals surface area (Å²) in [6, 6.07) is 14.0. The lowest BCUT2D eigenvalue weighted by molar-refractivity contribution is -0.123. The van der Waals surface area contributed by atoms with Crippen LogP contribution < -0.4 is 10.6 Å². The van der Waals surface area contributed by atoms with Crippen molar-refractivity contribution in [1.82, 2.24) is 10.6 Å². The quantitative estimate of drug-likeness (QED) is 0.661. The Bertz CT molecular complexity index is 856. The standard InChI is InChI=1S/C20H19ClFN3O3/c21-17-12-16(22)8-6-15(17)7-9-18(19(26)24-11-10-23)25-20(27)28-13-14-4-2-1-3-5-14/h1-6,8,12,18H,7,9,11,13H2,(H,24,26)(H,25,27). The predicted octanol–water partition coefficient (Wildman–Crippen LogP) is 3.35. The fraction of sp³-hybridized carbons (Fsp3) is 0.250. The van der Waals surface area contributed by atoms with E-state index in [0.29, 0.717) is 12.0 Å². The van der Waals surface area contributed by atoms with E-state index in [2.05, 4.69) is 10.6 Å². The average molecular weight is 404 g/mol. The second kappa shape index (κ2) is 10.9. The van der Waals surface area contributed by atoms with Crippen molar-refractivity contribution >= 4 is 23.6 Å². The molecular weight excluding hydrogens is 385 g/mol. The molecule has 6 nitrogen and oxygen atoms in total. The van der Waals surface area contributed by atoms with Gasteiger partial charge in [0.15, 0.2) is 0 Å². The van der Waals surface area contributed by atoms with Crippen LogP contribution in [0.3, 0.4) is 0 Å². The number of rotatable bonds is 8. The molecule has 1 unspecified atom stereocenters. The van der Waals surface area contributed by atoms with Crippen molar-refractivity contribution < 1.29 is 18.7 Å². The van der Waals surface area contributed by atoms with Crippen LogP contribution in [0.15, 0.2) is 48.5 Å². The second-order valence-electron chi connectivity index (χ2n) is 5.91. The molecule has 0 aliphatic heterocycles. The first-order valence-corrected chi connectivity index (χ1v) is 8.93. The summed E-state index contributed by atoms with van der Waals surface area (Å²) >= 11 is 6.00. The van der Waals surface area contributed by atoms with E-state index in [-0.39, 0.29) is 24.6 Å². The molecule has 0 heterocycles. The summed E-state index contributed by atoms with van der Waals surface area (Å²) < 4.78 is 18.3. The van der Waals surface area contributed by atoms with Crippen LogP contribution >= 0.6 is 11.6 Å². The van der Waals surface area contributed by atoms with Crippen LogP contribution in [0.5, 0.6) is 0 Å². The van der Waals surface area contributed by atoms with Crippen molar-refractivity contribution in [1.29, 1.82) is 5.26 Å². The molecule has 28 heavy (non-hydrogen) atoms. The van der Waals surface area contributed by atoms with Gasteiger partial charge in [0.05, 0.1) is 6.07 Å². The molecule has 146 valence electrons. The highest BCUT2D eigenvalue weighted by molar-refractivity contribution is 6.31. The molecule has 2 amide bonds. The molecule has 2 N–H and O–H groups in total. The largest absolute Gasteiger partial charge is 0.445 e. The van der Waals surface area contributed by atoms with Gasteiger partial charge in [-0.1, -0.05) is 48.0 Å². The number of nitriles is 1. The van der Waals surface area contributed by atoms with Crippen molar-refractivity contribution in [2.24, 2.45) is 0 Å². The molecule has 0 bridgehead atoms. The van der Waals surface area contributed by atoms with E-state index >= 15 is 0 Å². The number of benzene rings is 2. The first-order chi connectivity index (χ1) is 13.5. The Balaban J connectivity index is 1.96. The Labute approximate surface area is 167 Å². The lowest BCUT2D eigenvalue weighted by Crippen LogP contribution is -2.47. The molecule has 0 radical (unpaired) electrons. The molecule has 2 aromatic carbocycles. The SMILES string of the molecule is N#CCNC(=O)C(CCc1ccc(F)cc1Cl)NC(=O)OCc1ccccc1. The number of halogens is 2. The van der Waals surface area contributed by atoms with Gasteiger partial charge in [-0.25, -0.2) is 9.18 Å². The summed E-state index contributed by atoms with van der Waals surface area (Å²) in [6.07, 6.45) is -0.239. The zero-order valence-corrected chi connectivity index (χ0v) is 15.7. The van der Waals surface area contributed by atoms with Crippen LogP contribution in [0.25, 0.3) is 0 Å². The van der Waals surface area contributed by atoms with E-state index in [1.165, 1.54) is 18.2 Å². The molecule has 0 saturated heterocycles. The maximum atomic E-state index is 13.2. The van der Waals surface area contributed by atoms with E-state index in [1.807, 2.05) is 18.2 Å². The van der Waals surface area contributed by atoms with Gasteiger partial charge < -0.3 is 15.4 Å². The summed E-state index contributed by atoms with van der Waals surface area (Å²) in [7, 11) is 0. The molecule has 0 saturated carbocycles. The Kier molecular flexibility index (Phi) is 8.25. The number of amides is 2.